The van der Waals surface area contributed by atoms with Crippen molar-refractivity contribution in [1.29, 1.82) is 0 Å². The summed E-state index contributed by atoms with van der Waals surface area (Å²) in [7, 11) is 6.74. The molecular formula is C33H39NO7. The van der Waals surface area contributed by atoms with Crippen molar-refractivity contribution in [2.45, 2.75) is 38.6 Å². The van der Waals surface area contributed by atoms with Gasteiger partial charge in [0.1, 0.15) is 17.2 Å². The fraction of sp³-hybridized carbons (Fsp3) is 0.364. The smallest absolute Gasteiger partial charge is 0.231 e. The van der Waals surface area contributed by atoms with Crippen LogP contribution in [0.15, 0.2) is 60.4 Å². The number of aromatic hydroxyl groups is 1. The number of Topliss-reactive ketones (excluding diaryl/α,β-unsaturated/α-hetero) is 1. The summed E-state index contributed by atoms with van der Waals surface area (Å²) in [6, 6.07) is 16.3. The van der Waals surface area contributed by atoms with Gasteiger partial charge in [-0.1, -0.05) is 31.4 Å². The molecule has 218 valence electrons. The van der Waals surface area contributed by atoms with Crippen LogP contribution in [-0.2, 0) is 6.54 Å². The molecule has 0 saturated carbocycles. The molecule has 0 atom stereocenters. The molecule has 0 spiro atoms. The second-order valence-corrected chi connectivity index (χ2v) is 10.1. The third-order valence-electron chi connectivity index (χ3n) is 6.94. The van der Waals surface area contributed by atoms with Crippen LogP contribution in [0, 0.1) is 0 Å². The van der Waals surface area contributed by atoms with E-state index in [-0.39, 0.29) is 11.5 Å². The zero-order valence-electron chi connectivity index (χ0n) is 24.3. The molecule has 1 N–H and O–H groups in total. The molecule has 0 bridgehead atoms. The van der Waals surface area contributed by atoms with Crippen molar-refractivity contribution in [3.8, 4) is 34.5 Å². The quantitative estimate of drug-likeness (QED) is 0.166. The zero-order chi connectivity index (χ0) is 29.2. The molecule has 0 aliphatic carbocycles. The molecule has 4 rings (SSSR count). The average molecular weight is 562 g/mol. The van der Waals surface area contributed by atoms with Crippen LogP contribution in [0.4, 0.5) is 0 Å². The molecule has 1 heterocycles. The Labute approximate surface area is 242 Å². The molecule has 3 aromatic carbocycles. The van der Waals surface area contributed by atoms with Crippen LogP contribution in [-0.4, -0.2) is 57.3 Å². The van der Waals surface area contributed by atoms with Crippen LogP contribution in [0.2, 0.25) is 0 Å². The van der Waals surface area contributed by atoms with Crippen LogP contribution >= 0.6 is 0 Å². The van der Waals surface area contributed by atoms with Gasteiger partial charge in [-0.15, -0.1) is 0 Å². The molecule has 1 aliphatic rings. The summed E-state index contributed by atoms with van der Waals surface area (Å²) in [6.45, 7) is 2.47. The number of ketones is 1. The van der Waals surface area contributed by atoms with Crippen molar-refractivity contribution in [3.63, 3.8) is 0 Å². The molecule has 0 saturated heterocycles. The fourth-order valence-corrected chi connectivity index (χ4v) is 4.84. The summed E-state index contributed by atoms with van der Waals surface area (Å²) in [6.07, 6.45) is 7.18. The number of nitrogens with zero attached hydrogens (tertiary/aromatic N) is 1. The lowest BCUT2D eigenvalue weighted by atomic mass is 10.1. The molecule has 3 aromatic rings. The summed E-state index contributed by atoms with van der Waals surface area (Å²) < 4.78 is 28.0. The van der Waals surface area contributed by atoms with E-state index >= 15 is 0 Å². The van der Waals surface area contributed by atoms with Gasteiger partial charge in [0.2, 0.25) is 11.5 Å². The summed E-state index contributed by atoms with van der Waals surface area (Å²) >= 11 is 0. The highest BCUT2D eigenvalue weighted by Gasteiger charge is 2.28. The Kier molecular flexibility index (Phi) is 10.5. The molecule has 0 aromatic heterocycles. The predicted molar refractivity (Wildman–Crippen MR) is 158 cm³/mol. The summed E-state index contributed by atoms with van der Waals surface area (Å²) in [5.74, 6) is 2.99. The highest BCUT2D eigenvalue weighted by molar-refractivity contribution is 6.14. The number of fused-ring (bicyclic) bond motifs is 1. The van der Waals surface area contributed by atoms with E-state index in [1.54, 1.807) is 57.7 Å². The number of benzene rings is 3. The highest BCUT2D eigenvalue weighted by Crippen LogP contribution is 2.40. The highest BCUT2D eigenvalue weighted by atomic mass is 16.5. The van der Waals surface area contributed by atoms with Gasteiger partial charge in [-0.05, 0) is 80.0 Å². The van der Waals surface area contributed by atoms with Gasteiger partial charge < -0.3 is 33.7 Å². The lowest BCUT2D eigenvalue weighted by molar-refractivity contribution is 0.101. The SMILES string of the molecule is COc1cc(/C=C2\Oc3cc(OCCCCCCCN(C)Cc4cccc(O)c4)ccc3C2=O)cc(OC)c1OC. The number of unbranched alkanes of at least 4 members (excludes halogenated alkanes) is 4. The number of rotatable bonds is 15. The maximum atomic E-state index is 12.9. The van der Waals surface area contributed by atoms with Gasteiger partial charge in [0.25, 0.3) is 0 Å². The molecular weight excluding hydrogens is 522 g/mol. The van der Waals surface area contributed by atoms with E-state index in [9.17, 15) is 9.90 Å². The van der Waals surface area contributed by atoms with Gasteiger partial charge >= 0.3 is 0 Å². The summed E-state index contributed by atoms with van der Waals surface area (Å²) in [5, 5.41) is 9.61. The largest absolute Gasteiger partial charge is 0.508 e. The molecule has 41 heavy (non-hydrogen) atoms. The number of phenols is 1. The Bertz CT molecular complexity index is 1340. The fourth-order valence-electron chi connectivity index (χ4n) is 4.84. The monoisotopic (exact) mass is 561 g/mol. The lowest BCUT2D eigenvalue weighted by Gasteiger charge is -2.16. The number of ether oxygens (including phenoxy) is 5. The molecule has 8 heteroatoms. The van der Waals surface area contributed by atoms with Crippen LogP contribution in [0.25, 0.3) is 6.08 Å². The van der Waals surface area contributed by atoms with E-state index in [4.69, 9.17) is 23.7 Å². The minimum absolute atomic E-state index is 0.187. The molecule has 8 nitrogen and oxygen atoms in total. The van der Waals surface area contributed by atoms with Crippen LogP contribution in [0.3, 0.4) is 0 Å². The molecule has 0 radical (unpaired) electrons. The van der Waals surface area contributed by atoms with Gasteiger partial charge in [0.15, 0.2) is 17.3 Å². The number of carbonyl (C=O) groups is 1. The first kappa shape index (κ1) is 29.8. The van der Waals surface area contributed by atoms with E-state index in [0.717, 1.165) is 44.3 Å². The first-order valence-electron chi connectivity index (χ1n) is 13.9. The molecule has 0 amide bonds. The Morgan fingerprint density at radius 1 is 0.878 bits per heavy atom. The maximum absolute atomic E-state index is 12.9. The Morgan fingerprint density at radius 2 is 1.61 bits per heavy atom. The number of phenolic OH excluding ortho intramolecular Hbond substituents is 1. The standard InChI is InChI=1S/C33H39NO7/c1-34(22-23-11-10-12-25(35)17-23)15-8-6-5-7-9-16-40-26-13-14-27-28(21-26)41-29(32(27)36)18-24-19-30(37-2)33(39-4)31(20-24)38-3/h10-14,17-21,35H,5-9,15-16,22H2,1-4H3/b29-18-. The van der Waals surface area contributed by atoms with Gasteiger partial charge in [-0.2, -0.15) is 0 Å². The minimum atomic E-state index is -0.187. The molecule has 1 aliphatic heterocycles. The van der Waals surface area contributed by atoms with Crippen LogP contribution in [0.1, 0.15) is 53.6 Å². The third-order valence-corrected chi connectivity index (χ3v) is 6.94. The van der Waals surface area contributed by atoms with Crippen LogP contribution in [0.5, 0.6) is 34.5 Å². The Morgan fingerprint density at radius 3 is 2.32 bits per heavy atom. The summed E-state index contributed by atoms with van der Waals surface area (Å²) in [5.41, 5.74) is 2.32. The van der Waals surface area contributed by atoms with Gasteiger partial charge in [0.05, 0.1) is 33.5 Å². The van der Waals surface area contributed by atoms with Gasteiger partial charge in [-0.3, -0.25) is 4.79 Å². The maximum Gasteiger partial charge on any atom is 0.231 e. The lowest BCUT2D eigenvalue weighted by Crippen LogP contribution is -2.18. The van der Waals surface area contributed by atoms with Crippen molar-refractivity contribution in [2.24, 2.45) is 0 Å². The third kappa shape index (κ3) is 7.95. The molecule has 0 unspecified atom stereocenters. The topological polar surface area (TPSA) is 86.7 Å². The number of hydrogen-bond donors (Lipinski definition) is 1. The van der Waals surface area contributed by atoms with E-state index in [1.807, 2.05) is 24.3 Å². The minimum Gasteiger partial charge on any atom is -0.508 e. The van der Waals surface area contributed by atoms with Crippen molar-refractivity contribution >= 4 is 11.9 Å². The van der Waals surface area contributed by atoms with Crippen molar-refractivity contribution in [3.05, 3.63) is 77.0 Å². The second kappa shape index (κ2) is 14.5. The van der Waals surface area contributed by atoms with Crippen molar-refractivity contribution < 1.29 is 33.6 Å². The zero-order valence-corrected chi connectivity index (χ0v) is 24.3. The van der Waals surface area contributed by atoms with E-state index in [2.05, 4.69) is 11.9 Å². The Hall–Kier alpha value is -4.17. The molecule has 0 fully saturated rings. The van der Waals surface area contributed by atoms with E-state index < -0.39 is 0 Å². The second-order valence-electron chi connectivity index (χ2n) is 10.1. The van der Waals surface area contributed by atoms with Gasteiger partial charge in [-0.25, -0.2) is 0 Å². The number of methoxy groups -OCH3 is 3. The first-order chi connectivity index (χ1) is 19.9. The van der Waals surface area contributed by atoms with Crippen molar-refractivity contribution in [2.75, 3.05) is 41.5 Å². The van der Waals surface area contributed by atoms with E-state index in [1.165, 1.54) is 6.42 Å². The number of hydrogen-bond acceptors (Lipinski definition) is 8. The number of carbonyl (C=O) groups excluding carboxylic acids is 1. The first-order valence-corrected chi connectivity index (χ1v) is 13.9. The Balaban J connectivity index is 1.20. The normalized spacial score (nSPS) is 13.3. The summed E-state index contributed by atoms with van der Waals surface area (Å²) in [4.78, 5) is 15.2. The number of allylic oxidation sites excluding steroid dienone is 1. The van der Waals surface area contributed by atoms with E-state index in [0.29, 0.717) is 52.2 Å². The van der Waals surface area contributed by atoms with Crippen LogP contribution < -0.4 is 23.7 Å². The predicted octanol–water partition coefficient (Wildman–Crippen LogP) is 6.50. The van der Waals surface area contributed by atoms with Gasteiger partial charge in [0, 0.05) is 12.6 Å². The average Bonchev–Trinajstić information content (AvgIpc) is 3.27. The van der Waals surface area contributed by atoms with Crippen molar-refractivity contribution in [1.82, 2.24) is 4.90 Å².